The molecular weight excluding hydrogens is 298 g/mol. The van der Waals surface area contributed by atoms with Gasteiger partial charge in [-0.3, -0.25) is 4.79 Å². The molecule has 1 N–H and O–H groups in total. The highest BCUT2D eigenvalue weighted by Gasteiger charge is 2.11. The van der Waals surface area contributed by atoms with Crippen molar-refractivity contribution >= 4 is 23.0 Å². The fraction of sp³-hybridized carbons (Fsp3) is 0.150. The molecule has 0 radical (unpaired) electrons. The van der Waals surface area contributed by atoms with Gasteiger partial charge in [0.2, 0.25) is 0 Å². The minimum Gasteiger partial charge on any atom is -0.322 e. The standard InChI is InChI=1S/C20H19N3O/c1-14-7-3-6-10-19(14)23-22-17-11-12-18(15(2)13-17)21-20(24)16-8-4-5-9-16/h3-8,10-13H,9H2,1-2H3,(H,21,24). The van der Waals surface area contributed by atoms with Gasteiger partial charge in [0, 0.05) is 11.3 Å². The lowest BCUT2D eigenvalue weighted by atomic mass is 10.1. The van der Waals surface area contributed by atoms with E-state index in [1.54, 1.807) is 0 Å². The van der Waals surface area contributed by atoms with Crippen LogP contribution in [0.4, 0.5) is 17.1 Å². The number of benzene rings is 2. The van der Waals surface area contributed by atoms with Gasteiger partial charge < -0.3 is 5.32 Å². The van der Waals surface area contributed by atoms with Crippen LogP contribution < -0.4 is 5.32 Å². The van der Waals surface area contributed by atoms with E-state index in [0.717, 1.165) is 33.8 Å². The molecule has 3 rings (SSSR count). The van der Waals surface area contributed by atoms with Gasteiger partial charge in [-0.15, -0.1) is 0 Å². The van der Waals surface area contributed by atoms with Gasteiger partial charge in [0.1, 0.15) is 0 Å². The van der Waals surface area contributed by atoms with Crippen LogP contribution in [-0.2, 0) is 4.79 Å². The fourth-order valence-corrected chi connectivity index (χ4v) is 2.46. The minimum absolute atomic E-state index is 0.0580. The lowest BCUT2D eigenvalue weighted by molar-refractivity contribution is -0.112. The zero-order valence-corrected chi connectivity index (χ0v) is 13.8. The topological polar surface area (TPSA) is 53.8 Å². The third-order valence-electron chi connectivity index (χ3n) is 3.91. The van der Waals surface area contributed by atoms with Crippen LogP contribution in [0, 0.1) is 13.8 Å². The van der Waals surface area contributed by atoms with Gasteiger partial charge in [-0.05, 0) is 55.7 Å². The van der Waals surface area contributed by atoms with E-state index < -0.39 is 0 Å². The van der Waals surface area contributed by atoms with Crippen molar-refractivity contribution in [1.82, 2.24) is 0 Å². The highest BCUT2D eigenvalue weighted by molar-refractivity contribution is 6.05. The highest BCUT2D eigenvalue weighted by atomic mass is 16.1. The lowest BCUT2D eigenvalue weighted by Crippen LogP contribution is -2.14. The summed E-state index contributed by atoms with van der Waals surface area (Å²) in [7, 11) is 0. The maximum Gasteiger partial charge on any atom is 0.251 e. The monoisotopic (exact) mass is 317 g/mol. The van der Waals surface area contributed by atoms with Crippen molar-refractivity contribution in [3.05, 3.63) is 77.4 Å². The smallest absolute Gasteiger partial charge is 0.251 e. The van der Waals surface area contributed by atoms with Crippen molar-refractivity contribution < 1.29 is 4.79 Å². The summed E-state index contributed by atoms with van der Waals surface area (Å²) in [6.45, 7) is 3.95. The third kappa shape index (κ3) is 3.66. The average molecular weight is 317 g/mol. The number of nitrogens with one attached hydrogen (secondary N) is 1. The molecule has 0 aromatic heterocycles. The number of hydrogen-bond donors (Lipinski definition) is 1. The Balaban J connectivity index is 1.73. The zero-order chi connectivity index (χ0) is 16.9. The second kappa shape index (κ2) is 7.04. The van der Waals surface area contributed by atoms with Gasteiger partial charge in [-0.25, -0.2) is 0 Å². The Morgan fingerprint density at radius 3 is 2.58 bits per heavy atom. The summed E-state index contributed by atoms with van der Waals surface area (Å²) in [6, 6.07) is 13.5. The molecule has 2 aromatic carbocycles. The predicted octanol–water partition coefficient (Wildman–Crippen LogP) is 5.54. The molecule has 0 aliphatic heterocycles. The van der Waals surface area contributed by atoms with Gasteiger partial charge >= 0.3 is 0 Å². The van der Waals surface area contributed by atoms with E-state index in [0.29, 0.717) is 6.42 Å². The number of allylic oxidation sites excluding steroid dienone is 3. The van der Waals surface area contributed by atoms with Gasteiger partial charge in [0.05, 0.1) is 11.4 Å². The van der Waals surface area contributed by atoms with Crippen molar-refractivity contribution in [2.24, 2.45) is 10.2 Å². The van der Waals surface area contributed by atoms with Gasteiger partial charge in [0.15, 0.2) is 0 Å². The van der Waals surface area contributed by atoms with Crippen LogP contribution in [0.3, 0.4) is 0 Å². The summed E-state index contributed by atoms with van der Waals surface area (Å²) in [5.41, 5.74) is 5.22. The Morgan fingerprint density at radius 2 is 1.88 bits per heavy atom. The number of hydrogen-bond acceptors (Lipinski definition) is 3. The summed E-state index contributed by atoms with van der Waals surface area (Å²) >= 11 is 0. The molecule has 0 saturated carbocycles. The van der Waals surface area contributed by atoms with E-state index in [2.05, 4.69) is 15.5 Å². The fourth-order valence-electron chi connectivity index (χ4n) is 2.46. The van der Waals surface area contributed by atoms with Crippen LogP contribution in [0.25, 0.3) is 0 Å². The van der Waals surface area contributed by atoms with Crippen LogP contribution in [0.1, 0.15) is 17.5 Å². The Labute approximate surface area is 141 Å². The summed E-state index contributed by atoms with van der Waals surface area (Å²) in [6.07, 6.45) is 6.40. The van der Waals surface area contributed by atoms with Crippen molar-refractivity contribution in [3.63, 3.8) is 0 Å². The highest BCUT2D eigenvalue weighted by Crippen LogP contribution is 2.26. The molecule has 0 heterocycles. The molecule has 0 bridgehead atoms. The summed E-state index contributed by atoms with van der Waals surface area (Å²) in [5, 5.41) is 11.5. The first-order valence-corrected chi connectivity index (χ1v) is 7.88. The average Bonchev–Trinajstić information content (AvgIpc) is 3.11. The number of nitrogens with zero attached hydrogens (tertiary/aromatic N) is 2. The molecule has 0 saturated heterocycles. The maximum atomic E-state index is 12.1. The molecule has 4 nitrogen and oxygen atoms in total. The van der Waals surface area contributed by atoms with Crippen molar-refractivity contribution in [3.8, 4) is 0 Å². The van der Waals surface area contributed by atoms with E-state index in [9.17, 15) is 4.79 Å². The van der Waals surface area contributed by atoms with Crippen LogP contribution >= 0.6 is 0 Å². The lowest BCUT2D eigenvalue weighted by Gasteiger charge is -2.09. The summed E-state index contributed by atoms with van der Waals surface area (Å²) in [4.78, 5) is 12.1. The second-order valence-electron chi connectivity index (χ2n) is 5.76. The van der Waals surface area contributed by atoms with E-state index in [1.807, 2.05) is 74.5 Å². The van der Waals surface area contributed by atoms with Gasteiger partial charge in [0.25, 0.3) is 5.91 Å². The van der Waals surface area contributed by atoms with Crippen molar-refractivity contribution in [2.45, 2.75) is 20.3 Å². The van der Waals surface area contributed by atoms with E-state index in [1.165, 1.54) is 0 Å². The number of aryl methyl sites for hydroxylation is 2. The Bertz CT molecular complexity index is 863. The van der Waals surface area contributed by atoms with Gasteiger partial charge in [-0.1, -0.05) is 36.4 Å². The van der Waals surface area contributed by atoms with Crippen LogP contribution in [-0.4, -0.2) is 5.91 Å². The number of amides is 1. The molecule has 4 heteroatoms. The summed E-state index contributed by atoms with van der Waals surface area (Å²) < 4.78 is 0. The Hall–Kier alpha value is -3.01. The van der Waals surface area contributed by atoms with Crippen molar-refractivity contribution in [2.75, 3.05) is 5.32 Å². The molecule has 0 atom stereocenters. The molecule has 0 spiro atoms. The molecule has 1 aliphatic rings. The maximum absolute atomic E-state index is 12.1. The molecule has 2 aromatic rings. The number of rotatable bonds is 4. The molecule has 1 aliphatic carbocycles. The molecule has 0 unspecified atom stereocenters. The number of carbonyl (C=O) groups excluding carboxylic acids is 1. The molecular formula is C20H19N3O. The van der Waals surface area contributed by atoms with E-state index in [4.69, 9.17) is 0 Å². The molecule has 0 fully saturated rings. The van der Waals surface area contributed by atoms with Crippen LogP contribution in [0.5, 0.6) is 0 Å². The van der Waals surface area contributed by atoms with Crippen molar-refractivity contribution in [1.29, 1.82) is 0 Å². The van der Waals surface area contributed by atoms with Gasteiger partial charge in [-0.2, -0.15) is 10.2 Å². The minimum atomic E-state index is -0.0580. The first kappa shape index (κ1) is 15.9. The predicted molar refractivity (Wildman–Crippen MR) is 97.0 cm³/mol. The Kier molecular flexibility index (Phi) is 4.66. The largest absolute Gasteiger partial charge is 0.322 e. The number of azo groups is 1. The normalized spacial score (nSPS) is 13.3. The van der Waals surface area contributed by atoms with Crippen LogP contribution in [0.15, 0.2) is 76.5 Å². The second-order valence-corrected chi connectivity index (χ2v) is 5.76. The van der Waals surface area contributed by atoms with E-state index >= 15 is 0 Å². The number of anilines is 1. The van der Waals surface area contributed by atoms with Crippen LogP contribution in [0.2, 0.25) is 0 Å². The first-order valence-electron chi connectivity index (χ1n) is 7.88. The zero-order valence-electron chi connectivity index (χ0n) is 13.8. The first-order chi connectivity index (χ1) is 11.6. The number of carbonyl (C=O) groups is 1. The SMILES string of the molecule is Cc1ccccc1N=Nc1ccc(NC(=O)C2=CC=CC2)c(C)c1. The van der Waals surface area contributed by atoms with E-state index in [-0.39, 0.29) is 5.91 Å². The summed E-state index contributed by atoms with van der Waals surface area (Å²) in [5.74, 6) is -0.0580. The Morgan fingerprint density at radius 1 is 1.04 bits per heavy atom. The molecule has 120 valence electrons. The molecule has 1 amide bonds. The molecule has 24 heavy (non-hydrogen) atoms. The quantitative estimate of drug-likeness (QED) is 0.739. The third-order valence-corrected chi connectivity index (χ3v) is 3.91.